The number of ether oxygens (including phenoxy) is 4. The summed E-state index contributed by atoms with van der Waals surface area (Å²) in [5, 5.41) is 16.4. The number of rotatable bonds is 15. The Morgan fingerprint density at radius 2 is 1.74 bits per heavy atom. The Kier molecular flexibility index (Phi) is 15.7. The predicted octanol–water partition coefficient (Wildman–Crippen LogP) is 5.46. The minimum Gasteiger partial charge on any atom is -0.497 e. The molecule has 356 valence electrons. The van der Waals surface area contributed by atoms with Gasteiger partial charge in [-0.3, -0.25) is 29.2 Å². The SMILES string of the molecule is COc1ccc(COC(=O)C2=C(C[n+]3ccc(-c4cc(/C=C/C(=O)N=C=[N-])n(C(=O)OC(C)(C)C)c4)cc3)CSC3C(NC(=O)C(=NOCF)c4nsc(NC(=O)OC(C)(C)C)n4)C(=O)N23)cc1. The molecule has 1 aromatic carbocycles. The molecule has 0 saturated carbocycles. The van der Waals surface area contributed by atoms with Crippen molar-refractivity contribution < 1.29 is 61.5 Å². The number of aromatic nitrogens is 4. The van der Waals surface area contributed by atoms with Gasteiger partial charge in [0, 0.05) is 46.8 Å². The van der Waals surface area contributed by atoms with Gasteiger partial charge in [-0.05, 0) is 83.0 Å². The summed E-state index contributed by atoms with van der Waals surface area (Å²) in [4.78, 5) is 92.1. The summed E-state index contributed by atoms with van der Waals surface area (Å²) in [6.45, 7) is 8.72. The average Bonchev–Trinajstić information content (AvgIpc) is 3.93. The zero-order chi connectivity index (χ0) is 49.3. The molecule has 1 saturated heterocycles. The molecule has 2 N–H and O–H groups in total. The van der Waals surface area contributed by atoms with Crippen LogP contribution >= 0.6 is 23.3 Å². The largest absolute Gasteiger partial charge is 0.497 e. The lowest BCUT2D eigenvalue weighted by atomic mass is 10.0. The fourth-order valence-electron chi connectivity index (χ4n) is 6.43. The lowest BCUT2D eigenvalue weighted by Crippen LogP contribution is -2.71. The van der Waals surface area contributed by atoms with Crippen molar-refractivity contribution in [2.24, 2.45) is 10.1 Å². The number of oxime groups is 1. The predicted molar refractivity (Wildman–Crippen MR) is 245 cm³/mol. The third-order valence-electron chi connectivity index (χ3n) is 9.32. The molecule has 3 aromatic heterocycles. The number of benzene rings is 1. The monoisotopic (exact) mass is 972 g/mol. The van der Waals surface area contributed by atoms with Crippen LogP contribution in [0, 0.1) is 0 Å². The second kappa shape index (κ2) is 21.4. The van der Waals surface area contributed by atoms with E-state index in [0.29, 0.717) is 39.5 Å². The lowest BCUT2D eigenvalue weighted by molar-refractivity contribution is -0.689. The van der Waals surface area contributed by atoms with Crippen LogP contribution in [0.4, 0.5) is 19.1 Å². The highest BCUT2D eigenvalue weighted by atomic mass is 32.2. The van der Waals surface area contributed by atoms with Crippen molar-refractivity contribution in [2.75, 3.05) is 25.0 Å². The van der Waals surface area contributed by atoms with Gasteiger partial charge in [-0.15, -0.1) is 17.8 Å². The molecular formula is C44H45FN10O11S2. The van der Waals surface area contributed by atoms with Gasteiger partial charge in [-0.2, -0.15) is 9.36 Å². The number of hydrogen-bond acceptors (Lipinski definition) is 16. The molecule has 68 heavy (non-hydrogen) atoms. The third kappa shape index (κ3) is 12.7. The van der Waals surface area contributed by atoms with Crippen molar-refractivity contribution in [3.05, 3.63) is 101 Å². The number of thioether (sulfide) groups is 1. The first kappa shape index (κ1) is 49.9. The van der Waals surface area contributed by atoms with Gasteiger partial charge in [0.2, 0.25) is 16.7 Å². The maximum atomic E-state index is 14.1. The highest BCUT2D eigenvalue weighted by Gasteiger charge is 2.55. The van der Waals surface area contributed by atoms with Gasteiger partial charge in [0.1, 0.15) is 40.7 Å². The van der Waals surface area contributed by atoms with Crippen LogP contribution in [0.3, 0.4) is 0 Å². The molecule has 0 spiro atoms. The number of methoxy groups -OCH3 is 1. The van der Waals surface area contributed by atoms with E-state index in [1.807, 2.05) is 0 Å². The van der Waals surface area contributed by atoms with Crippen LogP contribution in [0.5, 0.6) is 5.75 Å². The van der Waals surface area contributed by atoms with Crippen LogP contribution in [-0.2, 0) is 51.4 Å². The number of amides is 4. The van der Waals surface area contributed by atoms with Gasteiger partial charge < -0.3 is 39.5 Å². The summed E-state index contributed by atoms with van der Waals surface area (Å²) in [6.07, 6.45) is 5.87. The number of β-lactam (4-membered cyclic amide) rings is 1. The first-order valence-corrected chi connectivity index (χ1v) is 22.2. The minimum atomic E-state index is -1.40. The Bertz CT molecular complexity index is 2730. The molecule has 2 aliphatic rings. The summed E-state index contributed by atoms with van der Waals surface area (Å²) in [6, 6.07) is 12.3. The zero-order valence-electron chi connectivity index (χ0n) is 37.7. The van der Waals surface area contributed by atoms with Crippen LogP contribution in [0.2, 0.25) is 0 Å². The van der Waals surface area contributed by atoms with E-state index in [4.69, 9.17) is 24.4 Å². The normalized spacial score (nSPS) is 16.0. The number of carbonyl (C=O) groups excluding carboxylic acids is 6. The molecule has 4 amide bonds. The fraction of sp³-hybridized carbons (Fsp3) is 0.341. The molecule has 2 aliphatic heterocycles. The van der Waals surface area contributed by atoms with Gasteiger partial charge in [-0.1, -0.05) is 17.3 Å². The molecule has 0 aliphatic carbocycles. The van der Waals surface area contributed by atoms with Crippen molar-refractivity contribution in [2.45, 2.75) is 77.3 Å². The number of fused-ring (bicyclic) bond motifs is 1. The van der Waals surface area contributed by atoms with Gasteiger partial charge in [0.05, 0.1) is 12.8 Å². The number of aliphatic imine (C=N–C) groups is 1. The maximum absolute atomic E-state index is 14.1. The summed E-state index contributed by atoms with van der Waals surface area (Å²) >= 11 is 1.96. The average molecular weight is 973 g/mol. The first-order chi connectivity index (χ1) is 32.3. The number of hydrogen-bond donors (Lipinski definition) is 2. The summed E-state index contributed by atoms with van der Waals surface area (Å²) in [7, 11) is 1.52. The van der Waals surface area contributed by atoms with E-state index in [0.717, 1.165) is 6.08 Å². The van der Waals surface area contributed by atoms with E-state index in [-0.39, 0.29) is 41.3 Å². The lowest BCUT2D eigenvalue weighted by Gasteiger charge is -2.49. The van der Waals surface area contributed by atoms with E-state index in [1.165, 1.54) is 40.4 Å². The Labute approximate surface area is 396 Å². The Balaban J connectivity index is 1.24. The molecule has 4 aromatic rings. The molecule has 21 nitrogen and oxygen atoms in total. The zero-order valence-corrected chi connectivity index (χ0v) is 39.3. The van der Waals surface area contributed by atoms with Crippen molar-refractivity contribution in [3.8, 4) is 16.9 Å². The van der Waals surface area contributed by atoms with Gasteiger partial charge in [-0.25, -0.2) is 23.3 Å². The molecule has 5 heterocycles. The Morgan fingerprint density at radius 3 is 2.38 bits per heavy atom. The highest BCUT2D eigenvalue weighted by Crippen LogP contribution is 2.41. The van der Waals surface area contributed by atoms with E-state index in [9.17, 15) is 33.2 Å². The van der Waals surface area contributed by atoms with Gasteiger partial charge >= 0.3 is 18.2 Å². The number of nitrogens with one attached hydrogen (secondary N) is 2. The number of halogens is 1. The maximum Gasteiger partial charge on any atom is 0.418 e. The van der Waals surface area contributed by atoms with E-state index < -0.39 is 71.1 Å². The molecule has 0 radical (unpaired) electrons. The van der Waals surface area contributed by atoms with Crippen molar-refractivity contribution in [1.29, 1.82) is 0 Å². The van der Waals surface area contributed by atoms with Gasteiger partial charge in [0.25, 0.3) is 18.7 Å². The molecule has 6 rings (SSSR count). The van der Waals surface area contributed by atoms with E-state index in [1.54, 1.807) is 107 Å². The number of nitrogens with zero attached hydrogens (tertiary/aromatic N) is 8. The second-order valence-electron chi connectivity index (χ2n) is 16.6. The smallest absolute Gasteiger partial charge is 0.418 e. The van der Waals surface area contributed by atoms with Crippen LogP contribution in [0.25, 0.3) is 22.6 Å². The highest BCUT2D eigenvalue weighted by molar-refractivity contribution is 8.00. The summed E-state index contributed by atoms with van der Waals surface area (Å²) in [5.41, 5.74) is 0.453. The molecule has 1 fully saturated rings. The Morgan fingerprint density at radius 1 is 1.03 bits per heavy atom. The standard InChI is InChI=1S/C44H45FN10O11S2/c1-43(2,3)65-41(60)50-40-49-35(52-68-40)32(51-64-23-45)36(57)48-33-37(58)55-34(39(59)63-21-25-8-11-30(62-7)12-9-25)28(22-67-38(33)55)19-53-16-14-26(15-17-53)27-18-29(10-13-31(56)47-24-46)54(20-27)42(61)66-44(4,5)6/h8-18,20,33,38H,19,21-23H2,1-7H3,(H,48,57)(H,49,50,52,60)/b13-10+,51-32?. The topological polar surface area (TPSA) is 257 Å². The molecule has 24 heteroatoms. The summed E-state index contributed by atoms with van der Waals surface area (Å²) in [5.74, 6) is -2.78. The first-order valence-electron chi connectivity index (χ1n) is 20.4. The van der Waals surface area contributed by atoms with Crippen molar-refractivity contribution in [1.82, 2.24) is 24.1 Å². The van der Waals surface area contributed by atoms with Crippen LogP contribution in [0.1, 0.15) is 58.6 Å². The molecular weight excluding hydrogens is 928 g/mol. The van der Waals surface area contributed by atoms with Crippen LogP contribution in [0.15, 0.2) is 88.5 Å². The minimum absolute atomic E-state index is 0.0217. The van der Waals surface area contributed by atoms with E-state index >= 15 is 0 Å². The quantitative estimate of drug-likeness (QED) is 0.0285. The molecule has 2 atom stereocenters. The van der Waals surface area contributed by atoms with Gasteiger partial charge in [0.15, 0.2) is 24.8 Å². The Hall–Kier alpha value is -7.56. The molecule has 2 unspecified atom stereocenters. The van der Waals surface area contributed by atoms with Crippen LogP contribution in [-0.4, -0.2) is 109 Å². The number of alkyl halides is 1. The number of esters is 1. The summed E-state index contributed by atoms with van der Waals surface area (Å²) < 4.78 is 41.9. The number of pyridine rings is 1. The van der Waals surface area contributed by atoms with Crippen LogP contribution < -0.4 is 19.9 Å². The number of carbonyl (C=O) groups is 6. The van der Waals surface area contributed by atoms with Crippen molar-refractivity contribution >= 4 is 82.1 Å². The van der Waals surface area contributed by atoms with Crippen molar-refractivity contribution in [3.63, 3.8) is 0 Å². The van der Waals surface area contributed by atoms with E-state index in [2.05, 4.69) is 35.0 Å². The second-order valence-corrected chi connectivity index (χ2v) is 18.5. The number of anilines is 1. The fourth-order valence-corrected chi connectivity index (χ4v) is 8.32. The third-order valence-corrected chi connectivity index (χ3v) is 11.3. The molecule has 0 bridgehead atoms.